The molecule has 1 aliphatic heterocycles. The van der Waals surface area contributed by atoms with Crippen molar-refractivity contribution in [3.63, 3.8) is 0 Å². The minimum atomic E-state index is -3.79. The van der Waals surface area contributed by atoms with E-state index in [1.54, 1.807) is 19.1 Å². The lowest BCUT2D eigenvalue weighted by Gasteiger charge is -2.33. The Bertz CT molecular complexity index is 789. The maximum atomic E-state index is 12.6. The SMILES string of the molecule is CCS(=O)(=O)N1CCN(S(=O)(=O)c2ccccc2C#N)CC1. The van der Waals surface area contributed by atoms with E-state index in [4.69, 9.17) is 5.26 Å². The number of hydrogen-bond donors (Lipinski definition) is 0. The zero-order chi connectivity index (χ0) is 16.4. The molecular weight excluding hydrogens is 326 g/mol. The second-order valence-electron chi connectivity index (χ2n) is 4.81. The van der Waals surface area contributed by atoms with Gasteiger partial charge >= 0.3 is 0 Å². The van der Waals surface area contributed by atoms with Gasteiger partial charge in [0.05, 0.1) is 16.2 Å². The number of nitriles is 1. The second kappa shape index (κ2) is 6.34. The topological polar surface area (TPSA) is 98.6 Å². The molecule has 0 atom stereocenters. The highest BCUT2D eigenvalue weighted by atomic mass is 32.2. The normalized spacial score (nSPS) is 18.0. The molecule has 1 saturated heterocycles. The second-order valence-corrected chi connectivity index (χ2v) is 8.98. The van der Waals surface area contributed by atoms with Crippen LogP contribution in [0.2, 0.25) is 0 Å². The molecular formula is C13H17N3O4S2. The van der Waals surface area contributed by atoms with Crippen LogP contribution in [0.1, 0.15) is 12.5 Å². The molecule has 0 radical (unpaired) electrons. The molecule has 0 N–H and O–H groups in total. The first-order valence-electron chi connectivity index (χ1n) is 6.80. The molecule has 0 unspecified atom stereocenters. The predicted octanol–water partition coefficient (Wildman–Crippen LogP) is 0.214. The summed E-state index contributed by atoms with van der Waals surface area (Å²) in [5, 5.41) is 9.04. The van der Waals surface area contributed by atoms with E-state index in [1.807, 2.05) is 6.07 Å². The Kier molecular flexibility index (Phi) is 4.87. The Balaban J connectivity index is 2.22. The van der Waals surface area contributed by atoms with E-state index < -0.39 is 20.0 Å². The van der Waals surface area contributed by atoms with Crippen molar-refractivity contribution >= 4 is 20.0 Å². The van der Waals surface area contributed by atoms with Crippen molar-refractivity contribution in [3.05, 3.63) is 29.8 Å². The van der Waals surface area contributed by atoms with E-state index in [-0.39, 0.29) is 42.4 Å². The molecule has 0 spiro atoms. The molecule has 120 valence electrons. The Morgan fingerprint density at radius 3 is 2.14 bits per heavy atom. The fourth-order valence-corrected chi connectivity index (χ4v) is 4.94. The van der Waals surface area contributed by atoms with Crippen molar-refractivity contribution in [2.75, 3.05) is 31.9 Å². The van der Waals surface area contributed by atoms with E-state index in [0.29, 0.717) is 0 Å². The first-order chi connectivity index (χ1) is 10.3. The Hall–Kier alpha value is -1.47. The number of sulfonamides is 2. The summed E-state index contributed by atoms with van der Waals surface area (Å²) in [6.45, 7) is 1.98. The monoisotopic (exact) mass is 343 g/mol. The molecule has 1 aliphatic rings. The summed E-state index contributed by atoms with van der Waals surface area (Å²) in [5.41, 5.74) is 0.0890. The highest BCUT2D eigenvalue weighted by molar-refractivity contribution is 7.89. The molecule has 0 aliphatic carbocycles. The van der Waals surface area contributed by atoms with Crippen LogP contribution in [-0.4, -0.2) is 57.4 Å². The van der Waals surface area contributed by atoms with Crippen molar-refractivity contribution in [2.45, 2.75) is 11.8 Å². The van der Waals surface area contributed by atoms with Gasteiger partial charge in [0.2, 0.25) is 20.0 Å². The van der Waals surface area contributed by atoms with Gasteiger partial charge < -0.3 is 0 Å². The van der Waals surface area contributed by atoms with Gasteiger partial charge in [-0.05, 0) is 19.1 Å². The molecule has 0 bridgehead atoms. The van der Waals surface area contributed by atoms with Gasteiger partial charge in [-0.3, -0.25) is 0 Å². The number of hydrogen-bond acceptors (Lipinski definition) is 5. The predicted molar refractivity (Wildman–Crippen MR) is 80.9 cm³/mol. The molecule has 22 heavy (non-hydrogen) atoms. The average Bonchev–Trinajstić information content (AvgIpc) is 2.54. The van der Waals surface area contributed by atoms with Gasteiger partial charge in [0.1, 0.15) is 6.07 Å². The molecule has 1 aromatic rings. The van der Waals surface area contributed by atoms with E-state index >= 15 is 0 Å². The van der Waals surface area contributed by atoms with Crippen molar-refractivity contribution in [2.24, 2.45) is 0 Å². The average molecular weight is 343 g/mol. The smallest absolute Gasteiger partial charge is 0.212 e. The summed E-state index contributed by atoms with van der Waals surface area (Å²) in [6, 6.07) is 7.87. The maximum absolute atomic E-state index is 12.6. The van der Waals surface area contributed by atoms with Crippen molar-refractivity contribution in [1.82, 2.24) is 8.61 Å². The first-order valence-corrected chi connectivity index (χ1v) is 9.85. The fourth-order valence-electron chi connectivity index (χ4n) is 2.29. The van der Waals surface area contributed by atoms with Crippen molar-refractivity contribution in [1.29, 1.82) is 5.26 Å². The highest BCUT2D eigenvalue weighted by Gasteiger charge is 2.33. The third-order valence-electron chi connectivity index (χ3n) is 3.58. The van der Waals surface area contributed by atoms with Crippen LogP contribution in [0.3, 0.4) is 0 Å². The molecule has 0 aromatic heterocycles. The van der Waals surface area contributed by atoms with E-state index in [1.165, 1.54) is 20.7 Å². The number of benzene rings is 1. The highest BCUT2D eigenvalue weighted by Crippen LogP contribution is 2.21. The molecule has 1 fully saturated rings. The van der Waals surface area contributed by atoms with Gasteiger partial charge in [-0.1, -0.05) is 12.1 Å². The van der Waals surface area contributed by atoms with Gasteiger partial charge in [-0.2, -0.15) is 13.9 Å². The molecule has 1 aromatic carbocycles. The van der Waals surface area contributed by atoms with E-state index in [0.717, 1.165) is 0 Å². The molecule has 2 rings (SSSR count). The first kappa shape index (κ1) is 16.9. The number of nitrogens with zero attached hydrogens (tertiary/aromatic N) is 3. The summed E-state index contributed by atoms with van der Waals surface area (Å²) in [7, 11) is -7.10. The lowest BCUT2D eigenvalue weighted by atomic mass is 10.2. The summed E-state index contributed by atoms with van der Waals surface area (Å²) in [5.74, 6) is -0.00296. The quantitative estimate of drug-likeness (QED) is 0.778. The van der Waals surface area contributed by atoms with Crippen LogP contribution < -0.4 is 0 Å². The minimum Gasteiger partial charge on any atom is -0.212 e. The third-order valence-corrected chi connectivity index (χ3v) is 7.42. The molecule has 9 heteroatoms. The standard InChI is InChI=1S/C13H17N3O4S2/c1-2-21(17,18)15-7-9-16(10-8-15)22(19,20)13-6-4-3-5-12(13)11-14/h3-6H,2,7-10H2,1H3. The molecule has 7 nitrogen and oxygen atoms in total. The fraction of sp³-hybridized carbons (Fsp3) is 0.462. The van der Waals surface area contributed by atoms with Gasteiger partial charge in [0.15, 0.2) is 0 Å². The van der Waals surface area contributed by atoms with Crippen molar-refractivity contribution in [3.8, 4) is 6.07 Å². The summed E-state index contributed by atoms with van der Waals surface area (Å²) < 4.78 is 51.3. The van der Waals surface area contributed by atoms with Crippen LogP contribution in [0.15, 0.2) is 29.2 Å². The van der Waals surface area contributed by atoms with Gasteiger partial charge in [-0.15, -0.1) is 0 Å². The van der Waals surface area contributed by atoms with Crippen LogP contribution in [0.4, 0.5) is 0 Å². The third kappa shape index (κ3) is 3.15. The van der Waals surface area contributed by atoms with Crippen LogP contribution in [0.25, 0.3) is 0 Å². The summed E-state index contributed by atoms with van der Waals surface area (Å²) >= 11 is 0. The van der Waals surface area contributed by atoms with Gasteiger partial charge in [0.25, 0.3) is 0 Å². The maximum Gasteiger partial charge on any atom is 0.244 e. The number of rotatable bonds is 4. The zero-order valence-electron chi connectivity index (χ0n) is 12.1. The van der Waals surface area contributed by atoms with Crippen molar-refractivity contribution < 1.29 is 16.8 Å². The van der Waals surface area contributed by atoms with Gasteiger partial charge in [0, 0.05) is 26.2 Å². The zero-order valence-corrected chi connectivity index (χ0v) is 13.8. The number of piperazine rings is 1. The molecule has 0 amide bonds. The van der Waals surface area contributed by atoms with E-state index in [2.05, 4.69) is 0 Å². The largest absolute Gasteiger partial charge is 0.244 e. The molecule has 0 saturated carbocycles. The lowest BCUT2D eigenvalue weighted by molar-refractivity contribution is 0.273. The Labute approximate surface area is 130 Å². The minimum absolute atomic E-state index is 0.00296. The summed E-state index contributed by atoms with van der Waals surface area (Å²) in [6.07, 6.45) is 0. The lowest BCUT2D eigenvalue weighted by Crippen LogP contribution is -2.50. The van der Waals surface area contributed by atoms with Gasteiger partial charge in [-0.25, -0.2) is 16.8 Å². The molecule has 1 heterocycles. The Morgan fingerprint density at radius 2 is 1.59 bits per heavy atom. The van der Waals surface area contributed by atoms with E-state index in [9.17, 15) is 16.8 Å². The Morgan fingerprint density at radius 1 is 1.05 bits per heavy atom. The van der Waals surface area contributed by atoms with Crippen LogP contribution in [0.5, 0.6) is 0 Å². The summed E-state index contributed by atoms with van der Waals surface area (Å²) in [4.78, 5) is -0.0377. The van der Waals surface area contributed by atoms with Crippen LogP contribution >= 0.6 is 0 Å². The van der Waals surface area contributed by atoms with Crippen LogP contribution in [-0.2, 0) is 20.0 Å². The van der Waals surface area contributed by atoms with Crippen LogP contribution in [0, 0.1) is 11.3 Å².